The van der Waals surface area contributed by atoms with Crippen LogP contribution < -0.4 is 5.32 Å². The van der Waals surface area contributed by atoms with E-state index >= 15 is 0 Å². The lowest BCUT2D eigenvalue weighted by atomic mass is 9.97. The zero-order valence-corrected chi connectivity index (χ0v) is 18.2. The fraction of sp³-hybridized carbons (Fsp3) is 0.435. The van der Waals surface area contributed by atoms with Crippen molar-refractivity contribution in [3.63, 3.8) is 0 Å². The normalized spacial score (nSPS) is 13.3. The van der Waals surface area contributed by atoms with E-state index in [9.17, 15) is 8.78 Å². The molecule has 2 heterocycles. The molecule has 0 saturated carbocycles. The topological polar surface area (TPSA) is 66.0 Å². The molecule has 1 atom stereocenters. The summed E-state index contributed by atoms with van der Waals surface area (Å²) in [5.74, 6) is 0.00229. The van der Waals surface area contributed by atoms with Crippen LogP contribution in [0.4, 0.5) is 20.4 Å². The molecule has 0 aliphatic carbocycles. The van der Waals surface area contributed by atoms with Gasteiger partial charge in [-0.15, -0.1) is 0 Å². The zero-order valence-electron chi connectivity index (χ0n) is 18.2. The van der Waals surface area contributed by atoms with Crippen LogP contribution >= 0.6 is 0 Å². The summed E-state index contributed by atoms with van der Waals surface area (Å²) in [6, 6.07) is 3.38. The molecule has 0 aliphatic heterocycles. The van der Waals surface area contributed by atoms with Crippen LogP contribution in [-0.2, 0) is 0 Å². The second-order valence-corrected chi connectivity index (χ2v) is 7.95. The van der Waals surface area contributed by atoms with E-state index in [1.54, 1.807) is 12.4 Å². The summed E-state index contributed by atoms with van der Waals surface area (Å²) in [6.45, 7) is 9.50. The highest BCUT2D eigenvalue weighted by Crippen LogP contribution is 2.33. The van der Waals surface area contributed by atoms with E-state index in [1.165, 1.54) is 6.07 Å². The summed E-state index contributed by atoms with van der Waals surface area (Å²) in [5, 5.41) is 3.79. The maximum Gasteiger partial charge on any atom is 0.224 e. The van der Waals surface area contributed by atoms with Crippen LogP contribution in [0, 0.1) is 12.7 Å². The Morgan fingerprint density at radius 1 is 1.27 bits per heavy atom. The molecular weight excluding hydrogens is 384 g/mol. The van der Waals surface area contributed by atoms with Gasteiger partial charge in [-0.3, -0.25) is 4.99 Å². The van der Waals surface area contributed by atoms with Crippen LogP contribution in [0.15, 0.2) is 29.5 Å². The van der Waals surface area contributed by atoms with Crippen molar-refractivity contribution in [3.8, 4) is 11.1 Å². The van der Waals surface area contributed by atoms with Gasteiger partial charge < -0.3 is 10.3 Å². The van der Waals surface area contributed by atoms with E-state index < -0.39 is 5.67 Å². The second-order valence-electron chi connectivity index (χ2n) is 7.95. The number of aryl methyl sites for hydroxylation is 1. The fourth-order valence-electron chi connectivity index (χ4n) is 3.56. The van der Waals surface area contributed by atoms with Gasteiger partial charge >= 0.3 is 0 Å². The second kappa shape index (κ2) is 8.90. The van der Waals surface area contributed by atoms with Gasteiger partial charge in [-0.05, 0) is 56.9 Å². The van der Waals surface area contributed by atoms with E-state index in [0.717, 1.165) is 34.2 Å². The molecule has 0 aliphatic rings. The lowest BCUT2D eigenvalue weighted by Crippen LogP contribution is -2.31. The summed E-state index contributed by atoms with van der Waals surface area (Å²) in [7, 11) is 0. The molecule has 3 aromatic rings. The molecule has 0 bridgehead atoms. The molecule has 0 spiro atoms. The Balaban J connectivity index is 1.89. The highest BCUT2D eigenvalue weighted by atomic mass is 19.1. The van der Waals surface area contributed by atoms with Gasteiger partial charge in [0.15, 0.2) is 0 Å². The van der Waals surface area contributed by atoms with E-state index in [-0.39, 0.29) is 12.4 Å². The molecule has 3 rings (SSSR count). The zero-order chi connectivity index (χ0) is 21.9. The predicted octanol–water partition coefficient (Wildman–Crippen LogP) is 6.52. The molecule has 2 aromatic heterocycles. The molecule has 1 unspecified atom stereocenters. The number of hydrogen-bond acceptors (Lipinski definition) is 4. The number of benzene rings is 1. The Bertz CT molecular complexity index is 1050. The average Bonchev–Trinajstić information content (AvgIpc) is 3.12. The average molecular weight is 414 g/mol. The Morgan fingerprint density at radius 3 is 2.67 bits per heavy atom. The SMILES string of the molecule is CCCC(F)(CC)CNc1ncc2c(-c3cc(C)c(N=C(C)C)c(F)c3)c[nH]c2n1. The third kappa shape index (κ3) is 4.66. The molecule has 5 nitrogen and oxygen atoms in total. The molecule has 0 fully saturated rings. The first kappa shape index (κ1) is 21.9. The predicted molar refractivity (Wildman–Crippen MR) is 120 cm³/mol. The van der Waals surface area contributed by atoms with Crippen LogP contribution in [0.3, 0.4) is 0 Å². The van der Waals surface area contributed by atoms with Crippen molar-refractivity contribution in [3.05, 3.63) is 35.9 Å². The standard InChI is InChI=1S/C23H29F2N5/c1-6-8-23(25,7-2)13-28-22-27-12-18-17(11-26-21(18)30-22)16-9-15(5)20(19(24)10-16)29-14(3)4/h9-12H,6-8,13H2,1-5H3,(H2,26,27,28,30). The minimum Gasteiger partial charge on any atom is -0.351 e. The molecule has 0 amide bonds. The lowest BCUT2D eigenvalue weighted by Gasteiger charge is -2.23. The number of nitrogens with one attached hydrogen (secondary N) is 2. The van der Waals surface area contributed by atoms with Gasteiger partial charge in [-0.2, -0.15) is 4.98 Å². The fourth-order valence-corrected chi connectivity index (χ4v) is 3.56. The van der Waals surface area contributed by atoms with Gasteiger partial charge in [0.1, 0.15) is 22.8 Å². The summed E-state index contributed by atoms with van der Waals surface area (Å²) in [6.07, 6.45) is 5.18. The number of aliphatic imine (C=N–C) groups is 1. The third-order valence-electron chi connectivity index (χ3n) is 5.23. The van der Waals surface area contributed by atoms with Gasteiger partial charge in [0.25, 0.3) is 0 Å². The Kier molecular flexibility index (Phi) is 6.48. The molecule has 7 heteroatoms. The smallest absolute Gasteiger partial charge is 0.224 e. The number of hydrogen-bond donors (Lipinski definition) is 2. The largest absolute Gasteiger partial charge is 0.351 e. The van der Waals surface area contributed by atoms with Crippen LogP contribution in [0.1, 0.15) is 52.5 Å². The van der Waals surface area contributed by atoms with Gasteiger partial charge in [-0.1, -0.05) is 20.3 Å². The minimum atomic E-state index is -1.27. The van der Waals surface area contributed by atoms with Gasteiger partial charge in [0.2, 0.25) is 5.95 Å². The van der Waals surface area contributed by atoms with E-state index in [0.29, 0.717) is 30.1 Å². The maximum atomic E-state index is 14.8. The maximum absolute atomic E-state index is 14.8. The molecule has 0 saturated heterocycles. The molecule has 2 N–H and O–H groups in total. The molecule has 1 aromatic carbocycles. The third-order valence-corrected chi connectivity index (χ3v) is 5.23. The minimum absolute atomic E-state index is 0.166. The molecule has 160 valence electrons. The number of H-pyrrole nitrogens is 1. The highest BCUT2D eigenvalue weighted by Gasteiger charge is 2.26. The van der Waals surface area contributed by atoms with Gasteiger partial charge in [-0.25, -0.2) is 13.8 Å². The van der Waals surface area contributed by atoms with Crippen molar-refractivity contribution in [2.24, 2.45) is 4.99 Å². The van der Waals surface area contributed by atoms with Gasteiger partial charge in [0, 0.05) is 29.1 Å². The van der Waals surface area contributed by atoms with Crippen molar-refractivity contribution in [1.29, 1.82) is 0 Å². The number of anilines is 1. The van der Waals surface area contributed by atoms with Crippen molar-refractivity contribution in [1.82, 2.24) is 15.0 Å². The number of aromatic amines is 1. The molecule has 30 heavy (non-hydrogen) atoms. The number of aromatic nitrogens is 3. The van der Waals surface area contributed by atoms with E-state index in [1.807, 2.05) is 40.7 Å². The van der Waals surface area contributed by atoms with Crippen LogP contribution in [0.2, 0.25) is 0 Å². The Hall–Kier alpha value is -2.83. The summed E-state index contributed by atoms with van der Waals surface area (Å²) in [4.78, 5) is 16.2. The van der Waals surface area contributed by atoms with Crippen molar-refractivity contribution < 1.29 is 8.78 Å². The van der Waals surface area contributed by atoms with Gasteiger partial charge in [0.05, 0.1) is 6.54 Å². The number of fused-ring (bicyclic) bond motifs is 1. The molecule has 0 radical (unpaired) electrons. The number of nitrogens with zero attached hydrogens (tertiary/aromatic N) is 3. The summed E-state index contributed by atoms with van der Waals surface area (Å²) < 4.78 is 29.4. The van der Waals surface area contributed by atoms with Crippen LogP contribution in [-0.4, -0.2) is 32.9 Å². The van der Waals surface area contributed by atoms with E-state index in [4.69, 9.17) is 0 Å². The number of rotatable bonds is 8. The highest BCUT2D eigenvalue weighted by molar-refractivity contribution is 5.94. The van der Waals surface area contributed by atoms with Crippen molar-refractivity contribution in [2.75, 3.05) is 11.9 Å². The first-order chi connectivity index (χ1) is 14.3. The summed E-state index contributed by atoms with van der Waals surface area (Å²) in [5.41, 5.74) is 2.79. The Morgan fingerprint density at radius 2 is 2.03 bits per heavy atom. The molecular formula is C23H29F2N5. The quantitative estimate of drug-likeness (QED) is 0.413. The number of halogens is 2. The van der Waals surface area contributed by atoms with E-state index in [2.05, 4.69) is 25.3 Å². The van der Waals surface area contributed by atoms with Crippen LogP contribution in [0.25, 0.3) is 22.2 Å². The lowest BCUT2D eigenvalue weighted by molar-refractivity contribution is 0.158. The first-order valence-electron chi connectivity index (χ1n) is 10.4. The summed E-state index contributed by atoms with van der Waals surface area (Å²) >= 11 is 0. The first-order valence-corrected chi connectivity index (χ1v) is 10.4. The van der Waals surface area contributed by atoms with Crippen molar-refractivity contribution in [2.45, 2.75) is 59.5 Å². The Labute approximate surface area is 176 Å². The monoisotopic (exact) mass is 413 g/mol. The van der Waals surface area contributed by atoms with Crippen molar-refractivity contribution >= 4 is 28.4 Å². The van der Waals surface area contributed by atoms with Crippen LogP contribution in [0.5, 0.6) is 0 Å². The number of alkyl halides is 1.